The van der Waals surface area contributed by atoms with Crippen LogP contribution < -0.4 is 0 Å². The van der Waals surface area contributed by atoms with Crippen molar-refractivity contribution >= 4 is 5.91 Å². The van der Waals surface area contributed by atoms with Crippen LogP contribution in [-0.2, 0) is 9.53 Å². The smallest absolute Gasteiger partial charge is 0.224 e. The highest BCUT2D eigenvalue weighted by Gasteiger charge is 2.35. The first-order valence-electron chi connectivity index (χ1n) is 7.28. The van der Waals surface area contributed by atoms with Gasteiger partial charge in [-0.05, 0) is 45.7 Å². The second kappa shape index (κ2) is 6.53. The van der Waals surface area contributed by atoms with Crippen molar-refractivity contribution in [3.05, 3.63) is 0 Å². The summed E-state index contributed by atoms with van der Waals surface area (Å²) in [7, 11) is 2.23. The summed E-state index contributed by atoms with van der Waals surface area (Å²) < 4.78 is 5.26. The highest BCUT2D eigenvalue weighted by molar-refractivity contribution is 5.76. The number of rotatable bonds is 4. The first-order valence-corrected chi connectivity index (χ1v) is 7.28. The van der Waals surface area contributed by atoms with Crippen LogP contribution in [0.25, 0.3) is 0 Å². The first kappa shape index (κ1) is 13.8. The zero-order valence-electron chi connectivity index (χ0n) is 11.7. The molecule has 0 spiro atoms. The van der Waals surface area contributed by atoms with Crippen LogP contribution in [0.3, 0.4) is 0 Å². The monoisotopic (exact) mass is 254 g/mol. The van der Waals surface area contributed by atoms with Crippen molar-refractivity contribution in [1.82, 2.24) is 9.80 Å². The van der Waals surface area contributed by atoms with E-state index in [0.717, 1.165) is 19.5 Å². The van der Waals surface area contributed by atoms with Crippen LogP contribution in [0.5, 0.6) is 0 Å². The topological polar surface area (TPSA) is 32.8 Å². The number of nitrogens with zero attached hydrogens (tertiary/aromatic N) is 2. The third-order valence-corrected chi connectivity index (χ3v) is 4.36. The molecule has 2 aliphatic rings. The Balaban J connectivity index is 1.81. The molecule has 0 aromatic carbocycles. The van der Waals surface area contributed by atoms with Gasteiger partial charge in [-0.25, -0.2) is 0 Å². The zero-order valence-corrected chi connectivity index (χ0v) is 11.7. The van der Waals surface area contributed by atoms with Crippen LogP contribution >= 0.6 is 0 Å². The molecule has 18 heavy (non-hydrogen) atoms. The highest BCUT2D eigenvalue weighted by atomic mass is 16.5. The second-order valence-corrected chi connectivity index (χ2v) is 5.53. The van der Waals surface area contributed by atoms with E-state index in [2.05, 4.69) is 16.8 Å². The van der Waals surface area contributed by atoms with E-state index in [0.29, 0.717) is 31.6 Å². The number of fused-ring (bicyclic) bond motifs is 1. The minimum Gasteiger partial charge on any atom is -0.381 e. The van der Waals surface area contributed by atoms with Crippen molar-refractivity contribution in [1.29, 1.82) is 0 Å². The third-order valence-electron chi connectivity index (χ3n) is 4.36. The van der Waals surface area contributed by atoms with Crippen LogP contribution in [0, 0.1) is 5.92 Å². The molecule has 0 aliphatic carbocycles. The summed E-state index contributed by atoms with van der Waals surface area (Å²) in [6.45, 7) is 6.34. The quantitative estimate of drug-likeness (QED) is 0.710. The number of carbonyl (C=O) groups is 1. The number of piperidine rings is 2. The highest BCUT2D eigenvalue weighted by Crippen LogP contribution is 2.29. The van der Waals surface area contributed by atoms with Crippen LogP contribution in [-0.4, -0.2) is 61.6 Å². The molecular formula is C14H26N2O2. The van der Waals surface area contributed by atoms with Gasteiger partial charge in [0.05, 0.1) is 13.0 Å². The van der Waals surface area contributed by atoms with Crippen LogP contribution in [0.4, 0.5) is 0 Å². The number of carbonyl (C=O) groups excluding carboxylic acids is 1. The predicted octanol–water partition coefficient (Wildman–Crippen LogP) is 1.36. The molecule has 0 bridgehead atoms. The summed E-state index contributed by atoms with van der Waals surface area (Å²) in [5.74, 6) is 0.962. The predicted molar refractivity (Wildman–Crippen MR) is 71.4 cm³/mol. The summed E-state index contributed by atoms with van der Waals surface area (Å²) >= 11 is 0. The molecule has 2 atom stereocenters. The van der Waals surface area contributed by atoms with Gasteiger partial charge >= 0.3 is 0 Å². The number of ether oxygens (including phenoxy) is 1. The van der Waals surface area contributed by atoms with Gasteiger partial charge in [0.2, 0.25) is 5.91 Å². The summed E-state index contributed by atoms with van der Waals surface area (Å²) in [5.41, 5.74) is 0. The molecule has 0 N–H and O–H groups in total. The lowest BCUT2D eigenvalue weighted by Gasteiger charge is -2.46. The van der Waals surface area contributed by atoms with Gasteiger partial charge in [-0.15, -0.1) is 0 Å². The Morgan fingerprint density at radius 2 is 2.17 bits per heavy atom. The number of likely N-dealkylation sites (tertiary alicyclic amines) is 2. The van der Waals surface area contributed by atoms with E-state index in [1.807, 2.05) is 6.92 Å². The fourth-order valence-corrected chi connectivity index (χ4v) is 3.34. The molecule has 2 aliphatic heterocycles. The van der Waals surface area contributed by atoms with E-state index >= 15 is 0 Å². The molecule has 4 heteroatoms. The SMILES string of the molecule is CCOCCC(=O)N1CCC2C(CCCN2C)C1. The second-order valence-electron chi connectivity index (χ2n) is 5.53. The lowest BCUT2D eigenvalue weighted by molar-refractivity contribution is -0.135. The summed E-state index contributed by atoms with van der Waals surface area (Å²) in [5, 5.41) is 0. The van der Waals surface area contributed by atoms with Gasteiger partial charge in [0, 0.05) is 25.7 Å². The van der Waals surface area contributed by atoms with E-state index in [1.165, 1.54) is 19.4 Å². The standard InChI is InChI=1S/C14H26N2O2/c1-3-18-10-7-14(17)16-9-6-13-12(11-16)5-4-8-15(13)2/h12-13H,3-11H2,1-2H3. The van der Waals surface area contributed by atoms with Gasteiger partial charge in [-0.3, -0.25) is 4.79 Å². The molecule has 2 unspecified atom stereocenters. The Kier molecular flexibility index (Phi) is 5.01. The zero-order chi connectivity index (χ0) is 13.0. The van der Waals surface area contributed by atoms with E-state index in [9.17, 15) is 4.79 Å². The molecular weight excluding hydrogens is 228 g/mol. The third kappa shape index (κ3) is 3.23. The van der Waals surface area contributed by atoms with Gasteiger partial charge in [0.15, 0.2) is 0 Å². The maximum Gasteiger partial charge on any atom is 0.224 e. The lowest BCUT2D eigenvalue weighted by atomic mass is 9.84. The van der Waals surface area contributed by atoms with Crippen molar-refractivity contribution in [2.24, 2.45) is 5.92 Å². The number of hydrogen-bond acceptors (Lipinski definition) is 3. The van der Waals surface area contributed by atoms with Crippen LogP contribution in [0.15, 0.2) is 0 Å². The maximum absolute atomic E-state index is 12.1. The van der Waals surface area contributed by atoms with Crippen LogP contribution in [0.1, 0.15) is 32.6 Å². The van der Waals surface area contributed by atoms with Crippen molar-refractivity contribution in [3.63, 3.8) is 0 Å². The molecule has 2 rings (SSSR count). The van der Waals surface area contributed by atoms with Gasteiger partial charge in [-0.1, -0.05) is 0 Å². The Hall–Kier alpha value is -0.610. The van der Waals surface area contributed by atoms with E-state index in [1.54, 1.807) is 0 Å². The molecule has 0 aromatic heterocycles. The molecule has 2 fully saturated rings. The Morgan fingerprint density at radius 3 is 2.94 bits per heavy atom. The van der Waals surface area contributed by atoms with Crippen molar-refractivity contribution < 1.29 is 9.53 Å². The van der Waals surface area contributed by atoms with Gasteiger partial charge < -0.3 is 14.5 Å². The largest absolute Gasteiger partial charge is 0.381 e. The molecule has 2 saturated heterocycles. The normalized spacial score (nSPS) is 29.1. The van der Waals surface area contributed by atoms with E-state index in [-0.39, 0.29) is 5.91 Å². The fourth-order valence-electron chi connectivity index (χ4n) is 3.34. The summed E-state index contributed by atoms with van der Waals surface area (Å²) in [4.78, 5) is 16.6. The molecule has 1 amide bonds. The molecule has 4 nitrogen and oxygen atoms in total. The van der Waals surface area contributed by atoms with Gasteiger partial charge in [-0.2, -0.15) is 0 Å². The lowest BCUT2D eigenvalue weighted by Crippen LogP contribution is -2.54. The first-order chi connectivity index (χ1) is 8.72. The van der Waals surface area contributed by atoms with Crippen LogP contribution in [0.2, 0.25) is 0 Å². The summed E-state index contributed by atoms with van der Waals surface area (Å²) in [6.07, 6.45) is 4.24. The average molecular weight is 254 g/mol. The Morgan fingerprint density at radius 1 is 1.33 bits per heavy atom. The van der Waals surface area contributed by atoms with E-state index < -0.39 is 0 Å². The minimum absolute atomic E-state index is 0.273. The molecule has 2 heterocycles. The summed E-state index contributed by atoms with van der Waals surface area (Å²) in [6, 6.07) is 0.703. The maximum atomic E-state index is 12.1. The number of hydrogen-bond donors (Lipinski definition) is 0. The molecule has 0 saturated carbocycles. The molecule has 0 radical (unpaired) electrons. The van der Waals surface area contributed by atoms with Crippen molar-refractivity contribution in [2.75, 3.05) is 39.9 Å². The van der Waals surface area contributed by atoms with Crippen molar-refractivity contribution in [2.45, 2.75) is 38.6 Å². The fraction of sp³-hybridized carbons (Fsp3) is 0.929. The minimum atomic E-state index is 0.273. The van der Waals surface area contributed by atoms with Gasteiger partial charge in [0.1, 0.15) is 0 Å². The van der Waals surface area contributed by atoms with E-state index in [4.69, 9.17) is 4.74 Å². The molecule has 104 valence electrons. The average Bonchev–Trinajstić information content (AvgIpc) is 2.39. The van der Waals surface area contributed by atoms with Crippen molar-refractivity contribution in [3.8, 4) is 0 Å². The molecule has 0 aromatic rings. The Labute approximate surface area is 110 Å². The Bertz CT molecular complexity index is 283. The van der Waals surface area contributed by atoms with Gasteiger partial charge in [0.25, 0.3) is 0 Å². The number of amides is 1.